The molecule has 2 rings (SSSR count). The molecule has 1 unspecified atom stereocenters. The van der Waals surface area contributed by atoms with E-state index in [-0.39, 0.29) is 11.8 Å². The zero-order chi connectivity index (χ0) is 12.3. The molecule has 0 bridgehead atoms. The number of amides is 1. The smallest absolute Gasteiger partial charge is 0.224 e. The predicted octanol–water partition coefficient (Wildman–Crippen LogP) is 0.344. The maximum Gasteiger partial charge on any atom is 0.224 e. The van der Waals surface area contributed by atoms with E-state index in [4.69, 9.17) is 0 Å². The third-order valence-corrected chi connectivity index (χ3v) is 3.21. The van der Waals surface area contributed by atoms with Crippen LogP contribution in [0.15, 0.2) is 6.07 Å². The van der Waals surface area contributed by atoms with Crippen LogP contribution in [0.25, 0.3) is 0 Å². The van der Waals surface area contributed by atoms with Crippen molar-refractivity contribution in [3.8, 4) is 0 Å². The van der Waals surface area contributed by atoms with Crippen molar-refractivity contribution in [1.82, 2.24) is 20.4 Å². The van der Waals surface area contributed by atoms with Crippen molar-refractivity contribution in [2.75, 3.05) is 13.1 Å². The Kier molecular flexibility index (Phi) is 3.78. The van der Waals surface area contributed by atoms with E-state index in [9.17, 15) is 4.79 Å². The number of nitrogens with zero attached hydrogens (tertiary/aromatic N) is 2. The lowest BCUT2D eigenvalue weighted by molar-refractivity contribution is -0.125. The molecule has 1 aliphatic rings. The average molecular weight is 236 g/mol. The lowest BCUT2D eigenvalue weighted by Gasteiger charge is -2.21. The van der Waals surface area contributed by atoms with Crippen LogP contribution in [0.1, 0.15) is 24.2 Å². The Hall–Kier alpha value is -1.36. The van der Waals surface area contributed by atoms with E-state index in [1.165, 1.54) is 0 Å². The lowest BCUT2D eigenvalue weighted by atomic mass is 9.99. The van der Waals surface area contributed by atoms with E-state index in [1.54, 1.807) is 0 Å². The van der Waals surface area contributed by atoms with Crippen LogP contribution in [0.5, 0.6) is 0 Å². The molecular weight excluding hydrogens is 216 g/mol. The fraction of sp³-hybridized carbons (Fsp3) is 0.667. The Labute approximate surface area is 102 Å². The first-order valence-corrected chi connectivity index (χ1v) is 6.15. The van der Waals surface area contributed by atoms with Gasteiger partial charge in [-0.15, -0.1) is 0 Å². The number of hydrogen-bond acceptors (Lipinski definition) is 3. The summed E-state index contributed by atoms with van der Waals surface area (Å²) in [6.07, 6.45) is 2.08. The first-order valence-electron chi connectivity index (χ1n) is 6.15. The van der Waals surface area contributed by atoms with Gasteiger partial charge in [-0.25, -0.2) is 0 Å². The monoisotopic (exact) mass is 236 g/mol. The Bertz CT molecular complexity index is 393. The number of carbonyl (C=O) groups excluding carboxylic acids is 1. The number of hydrogen-bond donors (Lipinski definition) is 2. The van der Waals surface area contributed by atoms with Crippen LogP contribution in [0, 0.1) is 12.8 Å². The first kappa shape index (κ1) is 12.1. The van der Waals surface area contributed by atoms with Crippen LogP contribution < -0.4 is 10.6 Å². The highest BCUT2D eigenvalue weighted by molar-refractivity contribution is 5.78. The molecule has 1 amide bonds. The van der Waals surface area contributed by atoms with Crippen LogP contribution in [0.2, 0.25) is 0 Å². The van der Waals surface area contributed by atoms with E-state index < -0.39 is 0 Å². The topological polar surface area (TPSA) is 59.0 Å². The third-order valence-electron chi connectivity index (χ3n) is 3.21. The summed E-state index contributed by atoms with van der Waals surface area (Å²) >= 11 is 0. The van der Waals surface area contributed by atoms with Gasteiger partial charge in [0.15, 0.2) is 0 Å². The van der Waals surface area contributed by atoms with Gasteiger partial charge >= 0.3 is 0 Å². The van der Waals surface area contributed by atoms with E-state index in [1.807, 2.05) is 24.7 Å². The van der Waals surface area contributed by atoms with Gasteiger partial charge in [-0.1, -0.05) is 0 Å². The van der Waals surface area contributed by atoms with Gasteiger partial charge in [0.05, 0.1) is 23.9 Å². The highest BCUT2D eigenvalue weighted by Crippen LogP contribution is 2.10. The van der Waals surface area contributed by atoms with Gasteiger partial charge in [0, 0.05) is 13.6 Å². The summed E-state index contributed by atoms with van der Waals surface area (Å²) in [5, 5.41) is 10.5. The standard InChI is InChI=1S/C12H20N4O/c1-9-6-11(16(2)15-9)8-14-12(17)10-4-3-5-13-7-10/h6,10,13H,3-5,7-8H2,1-2H3,(H,14,17). The first-order chi connectivity index (χ1) is 8.16. The van der Waals surface area contributed by atoms with Crippen LogP contribution in [-0.4, -0.2) is 28.8 Å². The molecule has 2 N–H and O–H groups in total. The largest absolute Gasteiger partial charge is 0.350 e. The van der Waals surface area contributed by atoms with Crippen molar-refractivity contribution >= 4 is 5.91 Å². The second-order valence-corrected chi connectivity index (χ2v) is 4.66. The zero-order valence-corrected chi connectivity index (χ0v) is 10.5. The zero-order valence-electron chi connectivity index (χ0n) is 10.5. The van der Waals surface area contributed by atoms with Gasteiger partial charge in [-0.05, 0) is 32.4 Å². The molecule has 1 aromatic heterocycles. The molecule has 1 fully saturated rings. The van der Waals surface area contributed by atoms with Gasteiger partial charge in [-0.2, -0.15) is 5.10 Å². The summed E-state index contributed by atoms with van der Waals surface area (Å²) in [4.78, 5) is 11.9. The van der Waals surface area contributed by atoms with Crippen LogP contribution in [-0.2, 0) is 18.4 Å². The molecule has 1 saturated heterocycles. The number of piperidine rings is 1. The highest BCUT2D eigenvalue weighted by Gasteiger charge is 2.20. The molecule has 17 heavy (non-hydrogen) atoms. The predicted molar refractivity (Wildman–Crippen MR) is 65.4 cm³/mol. The summed E-state index contributed by atoms with van der Waals surface area (Å²) in [6, 6.07) is 2.00. The second-order valence-electron chi connectivity index (χ2n) is 4.66. The summed E-state index contributed by atoms with van der Waals surface area (Å²) < 4.78 is 1.81. The molecule has 0 saturated carbocycles. The molecular formula is C12H20N4O. The molecule has 94 valence electrons. The quantitative estimate of drug-likeness (QED) is 0.796. The molecule has 1 aliphatic heterocycles. The Morgan fingerprint density at radius 2 is 2.53 bits per heavy atom. The normalized spacial score (nSPS) is 20.2. The number of rotatable bonds is 3. The summed E-state index contributed by atoms with van der Waals surface area (Å²) in [7, 11) is 1.90. The maximum absolute atomic E-state index is 11.9. The summed E-state index contributed by atoms with van der Waals surface area (Å²) in [5.74, 6) is 0.272. The van der Waals surface area contributed by atoms with Crippen LogP contribution in [0.3, 0.4) is 0 Å². The Morgan fingerprint density at radius 1 is 1.71 bits per heavy atom. The number of aromatic nitrogens is 2. The molecule has 0 spiro atoms. The third kappa shape index (κ3) is 3.06. The SMILES string of the molecule is Cc1cc(CNC(=O)C2CCCNC2)n(C)n1. The molecule has 5 nitrogen and oxygen atoms in total. The van der Waals surface area contributed by atoms with E-state index in [0.717, 1.165) is 37.3 Å². The number of carbonyl (C=O) groups is 1. The van der Waals surface area contributed by atoms with E-state index in [2.05, 4.69) is 15.7 Å². The van der Waals surface area contributed by atoms with E-state index in [0.29, 0.717) is 6.54 Å². The summed E-state index contributed by atoms with van der Waals surface area (Å²) in [5.41, 5.74) is 2.02. The van der Waals surface area contributed by atoms with Crippen molar-refractivity contribution in [2.45, 2.75) is 26.3 Å². The van der Waals surface area contributed by atoms with Crippen LogP contribution in [0.4, 0.5) is 0 Å². The fourth-order valence-electron chi connectivity index (χ4n) is 2.23. The number of nitrogens with one attached hydrogen (secondary N) is 2. The van der Waals surface area contributed by atoms with Crippen molar-refractivity contribution < 1.29 is 4.79 Å². The minimum atomic E-state index is 0.123. The second kappa shape index (κ2) is 5.31. The molecule has 0 radical (unpaired) electrons. The molecule has 0 aromatic carbocycles. The minimum absolute atomic E-state index is 0.123. The van der Waals surface area contributed by atoms with Gasteiger partial charge in [0.2, 0.25) is 5.91 Å². The van der Waals surface area contributed by atoms with Gasteiger partial charge < -0.3 is 10.6 Å². The van der Waals surface area contributed by atoms with Crippen molar-refractivity contribution in [3.63, 3.8) is 0 Å². The van der Waals surface area contributed by atoms with Crippen LogP contribution >= 0.6 is 0 Å². The minimum Gasteiger partial charge on any atom is -0.350 e. The van der Waals surface area contributed by atoms with Gasteiger partial charge in [0.25, 0.3) is 0 Å². The fourth-order valence-corrected chi connectivity index (χ4v) is 2.23. The van der Waals surface area contributed by atoms with Gasteiger partial charge in [-0.3, -0.25) is 9.48 Å². The maximum atomic E-state index is 11.9. The molecule has 1 atom stereocenters. The Morgan fingerprint density at radius 3 is 3.12 bits per heavy atom. The Balaban J connectivity index is 1.85. The average Bonchev–Trinajstić information content (AvgIpc) is 2.66. The highest BCUT2D eigenvalue weighted by atomic mass is 16.1. The number of aryl methyl sites for hydroxylation is 2. The summed E-state index contributed by atoms with van der Waals surface area (Å²) in [6.45, 7) is 4.35. The van der Waals surface area contributed by atoms with Gasteiger partial charge in [0.1, 0.15) is 0 Å². The molecule has 1 aromatic rings. The molecule has 5 heteroatoms. The van der Waals surface area contributed by atoms with E-state index >= 15 is 0 Å². The van der Waals surface area contributed by atoms with Crippen molar-refractivity contribution in [1.29, 1.82) is 0 Å². The van der Waals surface area contributed by atoms with Crippen molar-refractivity contribution in [2.24, 2.45) is 13.0 Å². The molecule has 2 heterocycles. The lowest BCUT2D eigenvalue weighted by Crippen LogP contribution is -2.40. The van der Waals surface area contributed by atoms with Crippen molar-refractivity contribution in [3.05, 3.63) is 17.5 Å². The molecule has 0 aliphatic carbocycles.